The van der Waals surface area contributed by atoms with Crippen molar-refractivity contribution in [2.24, 2.45) is 5.92 Å². The van der Waals surface area contributed by atoms with Crippen LogP contribution in [0.5, 0.6) is 0 Å². The number of hydrogen-bond donors (Lipinski definition) is 1. The highest BCUT2D eigenvalue weighted by Crippen LogP contribution is 2.19. The smallest absolute Gasteiger partial charge is 0.0661 e. The van der Waals surface area contributed by atoms with Gasteiger partial charge in [-0.25, -0.2) is 0 Å². The SMILES string of the molecule is CCCNC(COCCC(C)C)c1ccc(C(C)C)cc1. The predicted molar refractivity (Wildman–Crippen MR) is 91.8 cm³/mol. The molecule has 1 aromatic rings. The average molecular weight is 291 g/mol. The Kier molecular flexibility index (Phi) is 8.63. The zero-order valence-corrected chi connectivity index (χ0v) is 14.5. The summed E-state index contributed by atoms with van der Waals surface area (Å²) in [6.07, 6.45) is 2.28. The van der Waals surface area contributed by atoms with Crippen LogP contribution in [0.3, 0.4) is 0 Å². The molecule has 2 nitrogen and oxygen atoms in total. The van der Waals surface area contributed by atoms with Crippen molar-refractivity contribution in [3.63, 3.8) is 0 Å². The van der Waals surface area contributed by atoms with Crippen LogP contribution in [0.15, 0.2) is 24.3 Å². The first-order valence-corrected chi connectivity index (χ1v) is 8.45. The fourth-order valence-electron chi connectivity index (χ4n) is 2.23. The molecule has 120 valence electrons. The van der Waals surface area contributed by atoms with E-state index in [0.29, 0.717) is 17.9 Å². The van der Waals surface area contributed by atoms with Crippen molar-refractivity contribution >= 4 is 0 Å². The van der Waals surface area contributed by atoms with Crippen LogP contribution in [0.4, 0.5) is 0 Å². The lowest BCUT2D eigenvalue weighted by molar-refractivity contribution is 0.102. The molecule has 0 amide bonds. The molecule has 0 aliphatic rings. The van der Waals surface area contributed by atoms with Crippen molar-refractivity contribution in [2.75, 3.05) is 19.8 Å². The van der Waals surface area contributed by atoms with E-state index in [9.17, 15) is 0 Å². The van der Waals surface area contributed by atoms with Crippen LogP contribution >= 0.6 is 0 Å². The Labute approximate surface area is 131 Å². The first-order valence-electron chi connectivity index (χ1n) is 8.45. The maximum atomic E-state index is 5.87. The number of hydrogen-bond acceptors (Lipinski definition) is 2. The third-order valence-corrected chi connectivity index (χ3v) is 3.77. The highest BCUT2D eigenvalue weighted by atomic mass is 16.5. The molecule has 0 fully saturated rings. The lowest BCUT2D eigenvalue weighted by Crippen LogP contribution is -2.26. The quantitative estimate of drug-likeness (QED) is 0.618. The summed E-state index contributed by atoms with van der Waals surface area (Å²) in [5.74, 6) is 1.29. The van der Waals surface area contributed by atoms with Crippen LogP contribution in [-0.4, -0.2) is 19.8 Å². The number of ether oxygens (including phenoxy) is 1. The lowest BCUT2D eigenvalue weighted by atomic mass is 9.99. The Balaban J connectivity index is 2.58. The number of benzene rings is 1. The summed E-state index contributed by atoms with van der Waals surface area (Å²) in [6.45, 7) is 13.8. The highest BCUT2D eigenvalue weighted by molar-refractivity contribution is 5.27. The van der Waals surface area contributed by atoms with E-state index in [4.69, 9.17) is 4.74 Å². The number of rotatable bonds is 10. The molecular formula is C19H33NO. The third kappa shape index (κ3) is 7.10. The van der Waals surface area contributed by atoms with E-state index in [-0.39, 0.29) is 0 Å². The van der Waals surface area contributed by atoms with Crippen molar-refractivity contribution in [1.82, 2.24) is 5.32 Å². The van der Waals surface area contributed by atoms with Gasteiger partial charge in [0.25, 0.3) is 0 Å². The molecule has 1 rings (SSSR count). The standard InChI is InChI=1S/C19H33NO/c1-6-12-20-19(14-21-13-11-15(2)3)18-9-7-17(8-10-18)16(4)5/h7-10,15-16,19-20H,6,11-14H2,1-5H3. The molecule has 1 aromatic carbocycles. The summed E-state index contributed by atoms with van der Waals surface area (Å²) < 4.78 is 5.87. The van der Waals surface area contributed by atoms with Gasteiger partial charge in [0.1, 0.15) is 0 Å². The van der Waals surface area contributed by atoms with Crippen molar-refractivity contribution in [3.05, 3.63) is 35.4 Å². The average Bonchev–Trinajstić information content (AvgIpc) is 2.46. The predicted octanol–water partition coefficient (Wildman–Crippen LogP) is 4.91. The van der Waals surface area contributed by atoms with Gasteiger partial charge < -0.3 is 10.1 Å². The summed E-state index contributed by atoms with van der Waals surface area (Å²) in [7, 11) is 0. The van der Waals surface area contributed by atoms with E-state index in [1.54, 1.807) is 0 Å². The van der Waals surface area contributed by atoms with Gasteiger partial charge in [0.05, 0.1) is 12.6 Å². The minimum Gasteiger partial charge on any atom is -0.379 e. The van der Waals surface area contributed by atoms with E-state index in [1.165, 1.54) is 11.1 Å². The summed E-state index contributed by atoms with van der Waals surface area (Å²) in [6, 6.07) is 9.28. The van der Waals surface area contributed by atoms with Gasteiger partial charge >= 0.3 is 0 Å². The molecule has 0 spiro atoms. The molecule has 0 heterocycles. The van der Waals surface area contributed by atoms with Gasteiger partial charge in [0, 0.05) is 6.61 Å². The lowest BCUT2D eigenvalue weighted by Gasteiger charge is -2.20. The highest BCUT2D eigenvalue weighted by Gasteiger charge is 2.11. The zero-order chi connectivity index (χ0) is 15.7. The second-order valence-corrected chi connectivity index (χ2v) is 6.59. The Morgan fingerprint density at radius 2 is 1.62 bits per heavy atom. The zero-order valence-electron chi connectivity index (χ0n) is 14.5. The molecule has 21 heavy (non-hydrogen) atoms. The topological polar surface area (TPSA) is 21.3 Å². The van der Waals surface area contributed by atoms with Gasteiger partial charge in [-0.3, -0.25) is 0 Å². The first-order chi connectivity index (χ1) is 10.0. The van der Waals surface area contributed by atoms with Crippen molar-refractivity contribution in [1.29, 1.82) is 0 Å². The maximum absolute atomic E-state index is 5.87. The Hall–Kier alpha value is -0.860. The molecule has 0 aliphatic carbocycles. The minimum absolute atomic E-state index is 0.304. The summed E-state index contributed by atoms with van der Waals surface area (Å²) >= 11 is 0. The molecule has 0 aliphatic heterocycles. The van der Waals surface area contributed by atoms with E-state index >= 15 is 0 Å². The van der Waals surface area contributed by atoms with Gasteiger partial charge in [-0.15, -0.1) is 0 Å². The molecule has 1 atom stereocenters. The van der Waals surface area contributed by atoms with E-state index in [0.717, 1.165) is 32.6 Å². The molecule has 1 N–H and O–H groups in total. The molecule has 0 aromatic heterocycles. The van der Waals surface area contributed by atoms with Crippen LogP contribution in [-0.2, 0) is 4.74 Å². The monoisotopic (exact) mass is 291 g/mol. The maximum Gasteiger partial charge on any atom is 0.0661 e. The summed E-state index contributed by atoms with van der Waals surface area (Å²) in [4.78, 5) is 0. The molecule has 2 heteroatoms. The summed E-state index contributed by atoms with van der Waals surface area (Å²) in [5, 5.41) is 3.60. The fraction of sp³-hybridized carbons (Fsp3) is 0.684. The molecule has 1 unspecified atom stereocenters. The van der Waals surface area contributed by atoms with Crippen molar-refractivity contribution in [2.45, 2.75) is 59.4 Å². The second-order valence-electron chi connectivity index (χ2n) is 6.59. The van der Waals surface area contributed by atoms with Crippen LogP contribution in [0.1, 0.15) is 70.5 Å². The van der Waals surface area contributed by atoms with Gasteiger partial charge in [0.15, 0.2) is 0 Å². The first kappa shape index (κ1) is 18.2. The fourth-order valence-corrected chi connectivity index (χ4v) is 2.23. The molecule has 0 bridgehead atoms. The van der Waals surface area contributed by atoms with Gasteiger partial charge in [-0.1, -0.05) is 58.9 Å². The van der Waals surface area contributed by atoms with Gasteiger partial charge in [0.2, 0.25) is 0 Å². The van der Waals surface area contributed by atoms with Crippen molar-refractivity contribution in [3.8, 4) is 0 Å². The van der Waals surface area contributed by atoms with E-state index in [2.05, 4.69) is 64.2 Å². The van der Waals surface area contributed by atoms with Gasteiger partial charge in [-0.2, -0.15) is 0 Å². The van der Waals surface area contributed by atoms with Crippen LogP contribution in [0.2, 0.25) is 0 Å². The Bertz CT molecular complexity index is 370. The summed E-state index contributed by atoms with van der Waals surface area (Å²) in [5.41, 5.74) is 2.73. The minimum atomic E-state index is 0.304. The van der Waals surface area contributed by atoms with E-state index < -0.39 is 0 Å². The number of nitrogens with one attached hydrogen (secondary N) is 1. The third-order valence-electron chi connectivity index (χ3n) is 3.77. The molecule has 0 saturated carbocycles. The van der Waals surface area contributed by atoms with Crippen LogP contribution in [0, 0.1) is 5.92 Å². The second kappa shape index (κ2) is 9.97. The van der Waals surface area contributed by atoms with Crippen LogP contribution in [0.25, 0.3) is 0 Å². The molecular weight excluding hydrogens is 258 g/mol. The van der Waals surface area contributed by atoms with E-state index in [1.807, 2.05) is 0 Å². The Morgan fingerprint density at radius 1 is 1.00 bits per heavy atom. The Morgan fingerprint density at radius 3 is 2.14 bits per heavy atom. The normalized spacial score (nSPS) is 13.1. The molecule has 0 radical (unpaired) electrons. The largest absolute Gasteiger partial charge is 0.379 e. The van der Waals surface area contributed by atoms with Crippen LogP contribution < -0.4 is 5.32 Å². The van der Waals surface area contributed by atoms with Crippen molar-refractivity contribution < 1.29 is 4.74 Å². The van der Waals surface area contributed by atoms with Gasteiger partial charge in [-0.05, 0) is 42.3 Å². The molecule has 0 saturated heterocycles.